The fourth-order valence-corrected chi connectivity index (χ4v) is 4.42. The van der Waals surface area contributed by atoms with Crippen molar-refractivity contribution in [3.8, 4) is 0 Å². The molecule has 0 saturated carbocycles. The second-order valence-electron chi connectivity index (χ2n) is 7.21. The summed E-state index contributed by atoms with van der Waals surface area (Å²) in [4.78, 5) is 29.3. The van der Waals surface area contributed by atoms with Gasteiger partial charge >= 0.3 is 0 Å². The van der Waals surface area contributed by atoms with E-state index in [1.807, 2.05) is 0 Å². The number of furan rings is 1. The highest BCUT2D eigenvalue weighted by Gasteiger charge is 2.28. The number of anilines is 1. The molecule has 0 bridgehead atoms. The molecule has 3 aromatic rings. The van der Waals surface area contributed by atoms with Gasteiger partial charge in [0.2, 0.25) is 0 Å². The van der Waals surface area contributed by atoms with E-state index in [-0.39, 0.29) is 11.7 Å². The average molecular weight is 536 g/mol. The van der Waals surface area contributed by atoms with Crippen molar-refractivity contribution in [1.29, 1.82) is 0 Å². The molecule has 0 fully saturated rings. The van der Waals surface area contributed by atoms with Gasteiger partial charge in [-0.3, -0.25) is 14.6 Å². The second kappa shape index (κ2) is 9.44. The molecule has 32 heavy (non-hydrogen) atoms. The minimum Gasteiger partial charge on any atom is -0.455 e. The van der Waals surface area contributed by atoms with Crippen molar-refractivity contribution in [1.82, 2.24) is 10.4 Å². The van der Waals surface area contributed by atoms with Gasteiger partial charge in [-0.1, -0.05) is 23.2 Å². The molecule has 2 heterocycles. The monoisotopic (exact) mass is 534 g/mol. The Morgan fingerprint density at radius 2 is 1.84 bits per heavy atom. The van der Waals surface area contributed by atoms with Gasteiger partial charge in [0, 0.05) is 50.1 Å². The summed E-state index contributed by atoms with van der Waals surface area (Å²) < 4.78 is 6.58. The lowest BCUT2D eigenvalue weighted by atomic mass is 9.93. The average Bonchev–Trinajstić information content (AvgIpc) is 3.08. The van der Waals surface area contributed by atoms with Gasteiger partial charge in [0.15, 0.2) is 5.76 Å². The Morgan fingerprint density at radius 3 is 2.56 bits per heavy atom. The van der Waals surface area contributed by atoms with Crippen LogP contribution in [-0.2, 0) is 6.42 Å². The number of hydrogen-bond donors (Lipinski definition) is 2. The number of aromatic nitrogens is 1. The lowest BCUT2D eigenvalue weighted by Gasteiger charge is -2.13. The van der Waals surface area contributed by atoms with Gasteiger partial charge < -0.3 is 9.73 Å². The van der Waals surface area contributed by atoms with Crippen molar-refractivity contribution < 1.29 is 14.0 Å². The molecule has 7 nitrogen and oxygen atoms in total. The van der Waals surface area contributed by atoms with Crippen molar-refractivity contribution in [2.24, 2.45) is 5.10 Å². The first kappa shape index (κ1) is 22.5. The molecular formula is C22H17BrCl2N4O3. The SMILES string of the molecule is Cc1c(C(=O)Nc2cc(Cl)cc(Cl)c2)oc2c1/C(=N/NC(=O)c1cncc(Br)c1)CCC2. The highest BCUT2D eigenvalue weighted by atomic mass is 79.9. The molecule has 1 aromatic carbocycles. The van der Waals surface area contributed by atoms with E-state index < -0.39 is 5.91 Å². The summed E-state index contributed by atoms with van der Waals surface area (Å²) in [6.07, 6.45) is 5.16. The smallest absolute Gasteiger partial charge is 0.291 e. The van der Waals surface area contributed by atoms with Crippen molar-refractivity contribution in [3.05, 3.63) is 79.4 Å². The predicted octanol–water partition coefficient (Wildman–Crippen LogP) is 5.78. The first-order valence-corrected chi connectivity index (χ1v) is 11.2. The van der Waals surface area contributed by atoms with E-state index in [1.54, 1.807) is 37.4 Å². The zero-order chi connectivity index (χ0) is 22.8. The molecule has 0 spiro atoms. The quantitative estimate of drug-likeness (QED) is 0.414. The molecule has 164 valence electrons. The molecular weight excluding hydrogens is 519 g/mol. The van der Waals surface area contributed by atoms with Crippen LogP contribution in [0, 0.1) is 6.92 Å². The van der Waals surface area contributed by atoms with Crippen LogP contribution in [0.15, 0.2) is 50.7 Å². The van der Waals surface area contributed by atoms with Gasteiger partial charge in [-0.2, -0.15) is 5.10 Å². The number of rotatable bonds is 4. The number of aryl methyl sites for hydroxylation is 1. The fraction of sp³-hybridized carbons (Fsp3) is 0.182. The number of benzene rings is 1. The normalized spacial score (nSPS) is 14.2. The lowest BCUT2D eigenvalue weighted by molar-refractivity contribution is 0.0953. The number of hydrazone groups is 1. The predicted molar refractivity (Wildman–Crippen MR) is 127 cm³/mol. The first-order valence-electron chi connectivity index (χ1n) is 9.69. The Hall–Kier alpha value is -2.68. The van der Waals surface area contributed by atoms with Crippen LogP contribution in [0.25, 0.3) is 0 Å². The van der Waals surface area contributed by atoms with E-state index in [9.17, 15) is 9.59 Å². The number of halogens is 3. The van der Waals surface area contributed by atoms with Crippen LogP contribution in [0.5, 0.6) is 0 Å². The number of hydrogen-bond acceptors (Lipinski definition) is 5. The number of carbonyl (C=O) groups is 2. The number of nitrogens with one attached hydrogen (secondary N) is 2. The Labute approximate surface area is 202 Å². The molecule has 0 saturated heterocycles. The van der Waals surface area contributed by atoms with Gasteiger partial charge in [0.05, 0.1) is 11.3 Å². The van der Waals surface area contributed by atoms with Crippen molar-refractivity contribution in [2.45, 2.75) is 26.2 Å². The van der Waals surface area contributed by atoms with Crippen molar-refractivity contribution in [3.63, 3.8) is 0 Å². The molecule has 4 rings (SSSR count). The maximum atomic E-state index is 12.9. The number of pyridine rings is 1. The summed E-state index contributed by atoms with van der Waals surface area (Å²) >= 11 is 15.3. The molecule has 0 atom stereocenters. The highest BCUT2D eigenvalue weighted by molar-refractivity contribution is 9.10. The summed E-state index contributed by atoms with van der Waals surface area (Å²) in [6.45, 7) is 1.79. The van der Waals surface area contributed by atoms with Crippen LogP contribution in [0.4, 0.5) is 5.69 Å². The van der Waals surface area contributed by atoms with Crippen molar-refractivity contribution >= 4 is 62.3 Å². The third-order valence-corrected chi connectivity index (χ3v) is 5.78. The molecule has 10 heteroatoms. The summed E-state index contributed by atoms with van der Waals surface area (Å²) in [7, 11) is 0. The summed E-state index contributed by atoms with van der Waals surface area (Å²) in [5, 5.41) is 7.90. The van der Waals surface area contributed by atoms with Crippen LogP contribution in [0.2, 0.25) is 10.0 Å². The summed E-state index contributed by atoms with van der Waals surface area (Å²) in [6, 6.07) is 6.44. The maximum Gasteiger partial charge on any atom is 0.291 e. The topological polar surface area (TPSA) is 96.6 Å². The van der Waals surface area contributed by atoms with Crippen LogP contribution in [-0.4, -0.2) is 22.5 Å². The second-order valence-corrected chi connectivity index (χ2v) is 9.00. The van der Waals surface area contributed by atoms with Gasteiger partial charge in [-0.25, -0.2) is 5.43 Å². The Morgan fingerprint density at radius 1 is 1.09 bits per heavy atom. The van der Waals surface area contributed by atoms with E-state index in [0.717, 1.165) is 12.0 Å². The molecule has 1 aliphatic rings. The Kier molecular flexibility index (Phi) is 6.64. The van der Waals surface area contributed by atoms with Gasteiger partial charge in [0.1, 0.15) is 5.76 Å². The fourth-order valence-electron chi connectivity index (χ4n) is 3.53. The summed E-state index contributed by atoms with van der Waals surface area (Å²) in [5.74, 6) is 0.0533. The van der Waals surface area contributed by atoms with Gasteiger partial charge in [0.25, 0.3) is 11.8 Å². The molecule has 2 aromatic heterocycles. The maximum absolute atomic E-state index is 12.9. The molecule has 0 unspecified atom stereocenters. The zero-order valence-electron chi connectivity index (χ0n) is 16.8. The van der Waals surface area contributed by atoms with Crippen LogP contribution in [0.3, 0.4) is 0 Å². The van der Waals surface area contributed by atoms with E-state index in [4.69, 9.17) is 27.6 Å². The standard InChI is InChI=1S/C22H17BrCl2N4O3/c1-11-19-17(28-29-21(30)12-5-13(23)10-26-9-12)3-2-4-18(19)32-20(11)22(31)27-16-7-14(24)6-15(25)8-16/h5-10H,2-4H2,1H3,(H,27,31)(H,29,30)/b28-17+. The summed E-state index contributed by atoms with van der Waals surface area (Å²) in [5.41, 5.74) is 5.48. The van der Waals surface area contributed by atoms with E-state index >= 15 is 0 Å². The van der Waals surface area contributed by atoms with Crippen molar-refractivity contribution in [2.75, 3.05) is 5.32 Å². The van der Waals surface area contributed by atoms with Gasteiger partial charge in [-0.15, -0.1) is 0 Å². The molecule has 1 aliphatic carbocycles. The van der Waals surface area contributed by atoms with E-state index in [0.29, 0.717) is 55.6 Å². The van der Waals surface area contributed by atoms with Crippen LogP contribution >= 0.6 is 39.1 Å². The zero-order valence-corrected chi connectivity index (χ0v) is 19.9. The molecule has 2 amide bonds. The minimum atomic E-state index is -0.418. The van der Waals surface area contributed by atoms with Crippen LogP contribution < -0.4 is 10.7 Å². The number of amides is 2. The number of carbonyl (C=O) groups excluding carboxylic acids is 2. The Balaban J connectivity index is 1.57. The van der Waals surface area contributed by atoms with Crippen LogP contribution in [0.1, 0.15) is 50.6 Å². The number of nitrogens with zero attached hydrogens (tertiary/aromatic N) is 2. The number of fused-ring (bicyclic) bond motifs is 1. The molecule has 0 radical (unpaired) electrons. The van der Waals surface area contributed by atoms with Gasteiger partial charge in [-0.05, 0) is 60.0 Å². The third kappa shape index (κ3) is 4.87. The molecule has 0 aliphatic heterocycles. The third-order valence-electron chi connectivity index (χ3n) is 4.91. The minimum absolute atomic E-state index is 0.184. The first-order chi connectivity index (χ1) is 15.3. The highest BCUT2D eigenvalue weighted by Crippen LogP contribution is 2.31. The lowest BCUT2D eigenvalue weighted by Crippen LogP contribution is -2.22. The van der Waals surface area contributed by atoms with E-state index in [1.165, 1.54) is 6.20 Å². The van der Waals surface area contributed by atoms with E-state index in [2.05, 4.69) is 36.8 Å². The Bertz CT molecular complexity index is 1240. The molecule has 2 N–H and O–H groups in total. The largest absolute Gasteiger partial charge is 0.455 e.